The Kier molecular flexibility index (Phi) is 5.05. The van der Waals surface area contributed by atoms with E-state index in [2.05, 4.69) is 37.1 Å². The van der Waals surface area contributed by atoms with Gasteiger partial charge in [-0.05, 0) is 68.7 Å². The summed E-state index contributed by atoms with van der Waals surface area (Å²) in [5.41, 5.74) is 4.37. The van der Waals surface area contributed by atoms with Crippen LogP contribution in [0.25, 0.3) is 0 Å². The van der Waals surface area contributed by atoms with Gasteiger partial charge in [0.05, 0.1) is 18.1 Å². The van der Waals surface area contributed by atoms with Gasteiger partial charge in [0.15, 0.2) is 5.82 Å². The Morgan fingerprint density at radius 2 is 1.96 bits per heavy atom. The highest BCUT2D eigenvalue weighted by Crippen LogP contribution is 2.38. The van der Waals surface area contributed by atoms with Crippen LogP contribution in [-0.2, 0) is 6.42 Å². The maximum Gasteiger partial charge on any atom is 0.158 e. The van der Waals surface area contributed by atoms with Crippen molar-refractivity contribution >= 4 is 17.2 Å². The molecular formula is C21H24FN5. The smallest absolute Gasteiger partial charge is 0.158 e. The van der Waals surface area contributed by atoms with E-state index in [-0.39, 0.29) is 5.82 Å². The summed E-state index contributed by atoms with van der Waals surface area (Å²) in [6, 6.07) is 12.8. The van der Waals surface area contributed by atoms with Crippen LogP contribution in [0.5, 0.6) is 0 Å². The Morgan fingerprint density at radius 1 is 1.11 bits per heavy atom. The number of anilines is 3. The molecule has 0 spiro atoms. The summed E-state index contributed by atoms with van der Waals surface area (Å²) in [5, 5.41) is 7.29. The molecule has 1 N–H and O–H groups in total. The number of aromatic nitrogens is 3. The lowest BCUT2D eigenvalue weighted by Gasteiger charge is -2.21. The number of fused-ring (bicyclic) bond motifs is 1. The van der Waals surface area contributed by atoms with E-state index in [0.717, 1.165) is 67.5 Å². The maximum absolute atomic E-state index is 13.3. The minimum Gasteiger partial charge on any atom is -0.350 e. The first-order valence-electron chi connectivity index (χ1n) is 9.45. The summed E-state index contributed by atoms with van der Waals surface area (Å²) in [7, 11) is 0. The lowest BCUT2D eigenvalue weighted by Crippen LogP contribution is -2.28. The first kappa shape index (κ1) is 17.5. The molecule has 0 amide bonds. The monoisotopic (exact) mass is 365 g/mol. The largest absolute Gasteiger partial charge is 0.350 e. The predicted molar refractivity (Wildman–Crippen MR) is 106 cm³/mol. The summed E-state index contributed by atoms with van der Waals surface area (Å²) in [5.74, 6) is 0.722. The number of H-pyrrole nitrogens is 1. The summed E-state index contributed by atoms with van der Waals surface area (Å²) < 4.78 is 13.3. The molecule has 0 bridgehead atoms. The predicted octanol–water partition coefficient (Wildman–Crippen LogP) is 4.58. The van der Waals surface area contributed by atoms with Gasteiger partial charge in [-0.15, -0.1) is 0 Å². The van der Waals surface area contributed by atoms with Gasteiger partial charge in [-0.1, -0.05) is 6.42 Å². The van der Waals surface area contributed by atoms with E-state index in [1.54, 1.807) is 0 Å². The van der Waals surface area contributed by atoms with E-state index in [4.69, 9.17) is 0 Å². The van der Waals surface area contributed by atoms with Crippen LogP contribution in [0, 0.1) is 12.7 Å². The van der Waals surface area contributed by atoms with Gasteiger partial charge in [-0.25, -0.2) is 9.37 Å². The molecule has 0 unspecified atom stereocenters. The van der Waals surface area contributed by atoms with Crippen LogP contribution in [0.15, 0.2) is 48.7 Å². The zero-order valence-corrected chi connectivity index (χ0v) is 15.5. The van der Waals surface area contributed by atoms with Crippen molar-refractivity contribution < 1.29 is 4.39 Å². The highest BCUT2D eigenvalue weighted by atomic mass is 19.1. The van der Waals surface area contributed by atoms with Crippen LogP contribution < -0.4 is 9.80 Å². The SMILES string of the molecule is Cc1cc(CCCCCN2CN(c3ccc(F)cc3)c3ncccc32)n[nH]1. The summed E-state index contributed by atoms with van der Waals surface area (Å²) in [6.07, 6.45) is 6.25. The number of hydrogen-bond acceptors (Lipinski definition) is 4. The van der Waals surface area contributed by atoms with Gasteiger partial charge < -0.3 is 9.80 Å². The fourth-order valence-electron chi connectivity index (χ4n) is 3.56. The molecule has 1 aliphatic heterocycles. The average molecular weight is 365 g/mol. The number of rotatable bonds is 7. The third-order valence-corrected chi connectivity index (χ3v) is 4.93. The molecule has 1 aliphatic rings. The van der Waals surface area contributed by atoms with E-state index < -0.39 is 0 Å². The van der Waals surface area contributed by atoms with Gasteiger partial charge in [0.1, 0.15) is 5.82 Å². The number of aryl methyl sites for hydroxylation is 2. The van der Waals surface area contributed by atoms with Crippen LogP contribution in [0.4, 0.5) is 21.6 Å². The molecule has 3 aromatic rings. The molecule has 2 aromatic heterocycles. The molecule has 27 heavy (non-hydrogen) atoms. The van der Waals surface area contributed by atoms with Crippen molar-refractivity contribution in [3.05, 3.63) is 65.9 Å². The highest BCUT2D eigenvalue weighted by Gasteiger charge is 2.27. The fraction of sp³-hybridized carbons (Fsp3) is 0.333. The highest BCUT2D eigenvalue weighted by molar-refractivity contribution is 5.78. The first-order chi connectivity index (χ1) is 13.2. The number of unbranched alkanes of at least 4 members (excludes halogenated alkanes) is 2. The first-order valence-corrected chi connectivity index (χ1v) is 9.45. The molecule has 1 aromatic carbocycles. The van der Waals surface area contributed by atoms with Crippen LogP contribution >= 0.6 is 0 Å². The second kappa shape index (κ2) is 7.78. The van der Waals surface area contributed by atoms with Gasteiger partial charge in [0, 0.05) is 24.1 Å². The zero-order chi connectivity index (χ0) is 18.6. The minimum absolute atomic E-state index is 0.219. The third kappa shape index (κ3) is 3.94. The number of benzene rings is 1. The van der Waals surface area contributed by atoms with Crippen molar-refractivity contribution in [2.75, 3.05) is 23.0 Å². The van der Waals surface area contributed by atoms with Crippen LogP contribution in [0.2, 0.25) is 0 Å². The molecule has 0 atom stereocenters. The van der Waals surface area contributed by atoms with E-state index in [9.17, 15) is 4.39 Å². The topological polar surface area (TPSA) is 48.1 Å². The van der Waals surface area contributed by atoms with Gasteiger partial charge >= 0.3 is 0 Å². The standard InChI is InChI=1S/C21H24FN5/c1-16-14-18(25-24-16)6-3-2-4-13-26-15-27(19-10-8-17(22)9-11-19)21-20(26)7-5-12-23-21/h5,7-12,14H,2-4,6,13,15H2,1H3,(H,24,25). The zero-order valence-electron chi connectivity index (χ0n) is 15.5. The number of aromatic amines is 1. The van der Waals surface area contributed by atoms with E-state index in [1.807, 2.05) is 31.3 Å². The summed E-state index contributed by atoms with van der Waals surface area (Å²) >= 11 is 0. The Labute approximate surface area is 158 Å². The van der Waals surface area contributed by atoms with Crippen molar-refractivity contribution in [2.45, 2.75) is 32.6 Å². The van der Waals surface area contributed by atoms with Crippen LogP contribution in [0.1, 0.15) is 30.7 Å². The minimum atomic E-state index is -0.219. The molecule has 0 saturated carbocycles. The van der Waals surface area contributed by atoms with E-state index in [0.29, 0.717) is 0 Å². The molecular weight excluding hydrogens is 341 g/mol. The number of hydrogen-bond donors (Lipinski definition) is 1. The van der Waals surface area contributed by atoms with E-state index in [1.165, 1.54) is 12.1 Å². The Morgan fingerprint density at radius 3 is 2.74 bits per heavy atom. The number of nitrogens with one attached hydrogen (secondary N) is 1. The van der Waals surface area contributed by atoms with Crippen molar-refractivity contribution in [2.24, 2.45) is 0 Å². The molecule has 0 radical (unpaired) electrons. The van der Waals surface area contributed by atoms with Gasteiger partial charge in [-0.3, -0.25) is 5.10 Å². The Hall–Kier alpha value is -2.89. The lowest BCUT2D eigenvalue weighted by molar-refractivity contribution is 0.627. The molecule has 3 heterocycles. The van der Waals surface area contributed by atoms with Crippen LogP contribution in [-0.4, -0.2) is 28.4 Å². The number of nitrogens with zero attached hydrogens (tertiary/aromatic N) is 4. The second-order valence-electron chi connectivity index (χ2n) is 7.01. The third-order valence-electron chi connectivity index (χ3n) is 4.93. The van der Waals surface area contributed by atoms with Crippen LogP contribution in [0.3, 0.4) is 0 Å². The summed E-state index contributed by atoms with van der Waals surface area (Å²) in [6.45, 7) is 3.76. The average Bonchev–Trinajstić information content (AvgIpc) is 3.26. The molecule has 140 valence electrons. The molecule has 0 saturated heterocycles. The van der Waals surface area contributed by atoms with Crippen molar-refractivity contribution in [1.82, 2.24) is 15.2 Å². The summed E-state index contributed by atoms with van der Waals surface area (Å²) in [4.78, 5) is 9.05. The van der Waals surface area contributed by atoms with Gasteiger partial charge in [-0.2, -0.15) is 5.10 Å². The van der Waals surface area contributed by atoms with E-state index >= 15 is 0 Å². The molecule has 4 rings (SSSR count). The fourth-order valence-corrected chi connectivity index (χ4v) is 3.56. The van der Waals surface area contributed by atoms with Gasteiger partial charge in [0.25, 0.3) is 0 Å². The Bertz CT molecular complexity index is 890. The molecule has 5 nitrogen and oxygen atoms in total. The maximum atomic E-state index is 13.3. The molecule has 6 heteroatoms. The Balaban J connectivity index is 1.35. The lowest BCUT2D eigenvalue weighted by atomic mass is 10.1. The number of halogens is 1. The van der Waals surface area contributed by atoms with Gasteiger partial charge in [0.2, 0.25) is 0 Å². The molecule has 0 aliphatic carbocycles. The van der Waals surface area contributed by atoms with Crippen molar-refractivity contribution in [1.29, 1.82) is 0 Å². The molecule has 0 fully saturated rings. The second-order valence-corrected chi connectivity index (χ2v) is 7.01. The normalized spacial score (nSPS) is 13.3. The van der Waals surface area contributed by atoms with Crippen molar-refractivity contribution in [3.8, 4) is 0 Å². The number of pyridine rings is 1. The van der Waals surface area contributed by atoms with Crippen molar-refractivity contribution in [3.63, 3.8) is 0 Å². The quantitative estimate of drug-likeness (QED) is 0.623.